The quantitative estimate of drug-likeness (QED) is 0.904. The van der Waals surface area contributed by atoms with Crippen LogP contribution in [0.5, 0.6) is 5.75 Å². The Morgan fingerprint density at radius 1 is 1.47 bits per heavy atom. The molecule has 4 heteroatoms. The lowest BCUT2D eigenvalue weighted by atomic mass is 10.0. The topological polar surface area (TPSA) is 38.7 Å². The number of hydrogen-bond donors (Lipinski definition) is 1. The minimum absolute atomic E-state index is 0.169. The van der Waals surface area contributed by atoms with Gasteiger partial charge in [0.05, 0.1) is 19.3 Å². The van der Waals surface area contributed by atoms with Crippen LogP contribution in [0.2, 0.25) is 5.02 Å². The molecular weight excluding hydrogens is 240 g/mol. The van der Waals surface area contributed by atoms with Gasteiger partial charge in [-0.05, 0) is 38.0 Å². The van der Waals surface area contributed by atoms with E-state index in [9.17, 15) is 5.11 Å². The van der Waals surface area contributed by atoms with Crippen LogP contribution in [-0.4, -0.2) is 24.4 Å². The maximum absolute atomic E-state index is 10.3. The number of rotatable bonds is 3. The van der Waals surface area contributed by atoms with Crippen LogP contribution in [-0.2, 0) is 4.74 Å². The van der Waals surface area contributed by atoms with E-state index in [1.165, 1.54) is 0 Å². The molecule has 1 aromatic carbocycles. The molecule has 17 heavy (non-hydrogen) atoms. The Hall–Kier alpha value is -0.770. The molecule has 1 fully saturated rings. The third-order valence-electron chi connectivity index (χ3n) is 3.13. The highest BCUT2D eigenvalue weighted by Gasteiger charge is 2.31. The van der Waals surface area contributed by atoms with E-state index in [1.807, 2.05) is 6.92 Å². The van der Waals surface area contributed by atoms with Crippen molar-refractivity contribution in [2.75, 3.05) is 7.11 Å². The lowest BCUT2D eigenvalue weighted by Crippen LogP contribution is -2.19. The van der Waals surface area contributed by atoms with Crippen LogP contribution in [0, 0.1) is 0 Å². The number of hydrogen-bond acceptors (Lipinski definition) is 3. The van der Waals surface area contributed by atoms with E-state index in [0.717, 1.165) is 12.8 Å². The standard InChI is InChI=1S/C13H17ClO3/c1-8-3-5-12(17-8)13(15)10-7-9(14)4-6-11(10)16-2/h4,6-8,12-13,15H,3,5H2,1-2H3. The van der Waals surface area contributed by atoms with Crippen LogP contribution in [0.3, 0.4) is 0 Å². The molecule has 0 bridgehead atoms. The third-order valence-corrected chi connectivity index (χ3v) is 3.36. The first-order chi connectivity index (χ1) is 8.11. The molecule has 0 spiro atoms. The van der Waals surface area contributed by atoms with Crippen molar-refractivity contribution < 1.29 is 14.6 Å². The van der Waals surface area contributed by atoms with Crippen molar-refractivity contribution in [1.29, 1.82) is 0 Å². The van der Waals surface area contributed by atoms with E-state index in [4.69, 9.17) is 21.1 Å². The number of aliphatic hydroxyl groups excluding tert-OH is 1. The van der Waals surface area contributed by atoms with Crippen molar-refractivity contribution in [2.24, 2.45) is 0 Å². The molecule has 1 aliphatic rings. The molecule has 94 valence electrons. The molecule has 1 N–H and O–H groups in total. The van der Waals surface area contributed by atoms with Crippen molar-refractivity contribution in [1.82, 2.24) is 0 Å². The van der Waals surface area contributed by atoms with Crippen LogP contribution < -0.4 is 4.74 Å². The van der Waals surface area contributed by atoms with Crippen molar-refractivity contribution >= 4 is 11.6 Å². The van der Waals surface area contributed by atoms with E-state index in [0.29, 0.717) is 16.3 Å². The largest absolute Gasteiger partial charge is 0.496 e. The summed E-state index contributed by atoms with van der Waals surface area (Å²) in [5, 5.41) is 10.9. The van der Waals surface area contributed by atoms with Crippen LogP contribution in [0.4, 0.5) is 0 Å². The number of ether oxygens (including phenoxy) is 2. The Balaban J connectivity index is 2.23. The molecule has 0 radical (unpaired) electrons. The Kier molecular flexibility index (Phi) is 3.92. The summed E-state index contributed by atoms with van der Waals surface area (Å²) >= 11 is 5.95. The van der Waals surface area contributed by atoms with Gasteiger partial charge in [0.15, 0.2) is 0 Å². The van der Waals surface area contributed by atoms with Gasteiger partial charge in [0.2, 0.25) is 0 Å². The van der Waals surface area contributed by atoms with E-state index in [2.05, 4.69) is 0 Å². The third kappa shape index (κ3) is 2.73. The summed E-state index contributed by atoms with van der Waals surface area (Å²) < 4.78 is 10.9. The average Bonchev–Trinajstić information content (AvgIpc) is 2.75. The summed E-state index contributed by atoms with van der Waals surface area (Å²) in [6, 6.07) is 5.24. The van der Waals surface area contributed by atoms with Gasteiger partial charge in [-0.3, -0.25) is 0 Å². The zero-order chi connectivity index (χ0) is 12.4. The highest BCUT2D eigenvalue weighted by Crippen LogP contribution is 2.35. The summed E-state index contributed by atoms with van der Waals surface area (Å²) in [5.74, 6) is 0.644. The van der Waals surface area contributed by atoms with Crippen LogP contribution >= 0.6 is 11.6 Å². The Bertz CT molecular complexity index is 394. The monoisotopic (exact) mass is 256 g/mol. The molecule has 1 aromatic rings. The lowest BCUT2D eigenvalue weighted by molar-refractivity contribution is -0.0305. The maximum atomic E-state index is 10.3. The second-order valence-electron chi connectivity index (χ2n) is 4.39. The minimum Gasteiger partial charge on any atom is -0.496 e. The molecule has 0 amide bonds. The van der Waals surface area contributed by atoms with Gasteiger partial charge < -0.3 is 14.6 Å². The fourth-order valence-corrected chi connectivity index (χ4v) is 2.38. The molecular formula is C13H17ClO3. The molecule has 0 aliphatic carbocycles. The van der Waals surface area contributed by atoms with E-state index >= 15 is 0 Å². The molecule has 0 saturated carbocycles. The maximum Gasteiger partial charge on any atom is 0.124 e. The number of aliphatic hydroxyl groups is 1. The minimum atomic E-state index is -0.686. The average molecular weight is 257 g/mol. The molecule has 0 aromatic heterocycles. The van der Waals surface area contributed by atoms with E-state index < -0.39 is 6.10 Å². The first-order valence-corrected chi connectivity index (χ1v) is 6.16. The van der Waals surface area contributed by atoms with E-state index in [-0.39, 0.29) is 12.2 Å². The van der Waals surface area contributed by atoms with Gasteiger partial charge >= 0.3 is 0 Å². The molecule has 3 nitrogen and oxygen atoms in total. The van der Waals surface area contributed by atoms with Gasteiger partial charge in [-0.1, -0.05) is 11.6 Å². The van der Waals surface area contributed by atoms with Crippen molar-refractivity contribution in [3.05, 3.63) is 28.8 Å². The Morgan fingerprint density at radius 3 is 2.82 bits per heavy atom. The van der Waals surface area contributed by atoms with Crippen LogP contribution in [0.25, 0.3) is 0 Å². The first kappa shape index (κ1) is 12.7. The Morgan fingerprint density at radius 2 is 2.24 bits per heavy atom. The molecule has 1 heterocycles. The fourth-order valence-electron chi connectivity index (χ4n) is 2.20. The smallest absolute Gasteiger partial charge is 0.124 e. The fraction of sp³-hybridized carbons (Fsp3) is 0.538. The highest BCUT2D eigenvalue weighted by molar-refractivity contribution is 6.30. The molecule has 1 aliphatic heterocycles. The zero-order valence-electron chi connectivity index (χ0n) is 10.0. The first-order valence-electron chi connectivity index (χ1n) is 5.78. The second-order valence-corrected chi connectivity index (χ2v) is 4.83. The predicted molar refractivity (Wildman–Crippen MR) is 66.5 cm³/mol. The van der Waals surface area contributed by atoms with Gasteiger partial charge in [0, 0.05) is 10.6 Å². The molecule has 2 rings (SSSR count). The SMILES string of the molecule is COc1ccc(Cl)cc1C(O)C1CCC(C)O1. The summed E-state index contributed by atoms with van der Waals surface area (Å²) in [6.45, 7) is 2.02. The summed E-state index contributed by atoms with van der Waals surface area (Å²) in [7, 11) is 1.58. The number of methoxy groups -OCH3 is 1. The van der Waals surface area contributed by atoms with Crippen LogP contribution in [0.1, 0.15) is 31.4 Å². The molecule has 3 unspecified atom stereocenters. The number of halogens is 1. The summed E-state index contributed by atoms with van der Waals surface area (Å²) in [5.41, 5.74) is 0.694. The molecule has 1 saturated heterocycles. The molecule has 3 atom stereocenters. The van der Waals surface area contributed by atoms with Crippen molar-refractivity contribution in [3.8, 4) is 5.75 Å². The van der Waals surface area contributed by atoms with Gasteiger partial charge in [-0.2, -0.15) is 0 Å². The van der Waals surface area contributed by atoms with E-state index in [1.54, 1.807) is 25.3 Å². The normalized spacial score (nSPS) is 25.9. The van der Waals surface area contributed by atoms with Gasteiger partial charge in [0.25, 0.3) is 0 Å². The van der Waals surface area contributed by atoms with Crippen LogP contribution in [0.15, 0.2) is 18.2 Å². The number of benzene rings is 1. The Labute approximate surface area is 106 Å². The van der Waals surface area contributed by atoms with Crippen molar-refractivity contribution in [2.45, 2.75) is 38.1 Å². The van der Waals surface area contributed by atoms with Gasteiger partial charge in [-0.15, -0.1) is 0 Å². The predicted octanol–water partition coefficient (Wildman–Crippen LogP) is 2.95. The highest BCUT2D eigenvalue weighted by atomic mass is 35.5. The van der Waals surface area contributed by atoms with Gasteiger partial charge in [-0.25, -0.2) is 0 Å². The summed E-state index contributed by atoms with van der Waals surface area (Å²) in [4.78, 5) is 0. The zero-order valence-corrected chi connectivity index (χ0v) is 10.8. The summed E-state index contributed by atoms with van der Waals surface area (Å²) in [6.07, 6.45) is 1.19. The second kappa shape index (κ2) is 5.25. The van der Waals surface area contributed by atoms with Crippen molar-refractivity contribution in [3.63, 3.8) is 0 Å². The lowest BCUT2D eigenvalue weighted by Gasteiger charge is -2.21. The van der Waals surface area contributed by atoms with Gasteiger partial charge in [0.1, 0.15) is 11.9 Å².